The molecule has 12 rings (SSSR count). The average Bonchev–Trinajstić information content (AvgIpc) is 3.76. The van der Waals surface area contributed by atoms with E-state index in [4.69, 9.17) is 15.0 Å². The smallest absolute Gasteiger partial charge is 0.238 e. The first-order valence-electron chi connectivity index (χ1n) is 19.3. The molecule has 3 heterocycles. The van der Waals surface area contributed by atoms with Gasteiger partial charge in [-0.2, -0.15) is 9.97 Å². The van der Waals surface area contributed by atoms with Crippen molar-refractivity contribution in [2.24, 2.45) is 0 Å². The van der Waals surface area contributed by atoms with Crippen molar-refractivity contribution in [2.45, 2.75) is 15.2 Å². The molecule has 1 spiro atoms. The van der Waals surface area contributed by atoms with Gasteiger partial charge < -0.3 is 0 Å². The summed E-state index contributed by atoms with van der Waals surface area (Å²) in [7, 11) is 0. The first-order valence-corrected chi connectivity index (χ1v) is 20.1. The van der Waals surface area contributed by atoms with E-state index in [1.807, 2.05) is 36.0 Å². The summed E-state index contributed by atoms with van der Waals surface area (Å²) in [6, 6.07) is 69.6. The van der Waals surface area contributed by atoms with Gasteiger partial charge in [0, 0.05) is 31.7 Å². The van der Waals surface area contributed by atoms with Crippen LogP contribution in [0.25, 0.3) is 72.8 Å². The zero-order valence-electron chi connectivity index (χ0n) is 30.7. The zero-order valence-corrected chi connectivity index (χ0v) is 31.5. The molecule has 2 aromatic heterocycles. The Hall–Kier alpha value is -7.08. The van der Waals surface area contributed by atoms with Crippen molar-refractivity contribution < 1.29 is 0 Å². The number of benzene rings is 8. The summed E-state index contributed by atoms with van der Waals surface area (Å²) in [5, 5.41) is 2.32. The van der Waals surface area contributed by atoms with E-state index in [2.05, 4.69) is 174 Å². The lowest BCUT2D eigenvalue weighted by atomic mass is 9.67. The lowest BCUT2D eigenvalue weighted by Crippen LogP contribution is -2.32. The maximum atomic E-state index is 5.29. The Morgan fingerprint density at radius 2 is 0.895 bits per heavy atom. The van der Waals surface area contributed by atoms with Crippen LogP contribution in [0.2, 0.25) is 0 Å². The van der Waals surface area contributed by atoms with E-state index in [1.165, 1.54) is 54.1 Å². The highest BCUT2D eigenvalue weighted by atomic mass is 32.2. The van der Waals surface area contributed by atoms with Crippen molar-refractivity contribution in [1.82, 2.24) is 19.5 Å². The highest BCUT2D eigenvalue weighted by Gasteiger charge is 2.50. The van der Waals surface area contributed by atoms with Crippen LogP contribution in [0.5, 0.6) is 0 Å². The fourth-order valence-electron chi connectivity index (χ4n) is 9.29. The van der Waals surface area contributed by atoms with Crippen LogP contribution < -0.4 is 0 Å². The third-order valence-corrected chi connectivity index (χ3v) is 12.9. The van der Waals surface area contributed by atoms with Gasteiger partial charge in [0.1, 0.15) is 0 Å². The molecule has 0 radical (unpaired) electrons. The summed E-state index contributed by atoms with van der Waals surface area (Å²) >= 11 is 1.85. The van der Waals surface area contributed by atoms with Crippen LogP contribution in [0.1, 0.15) is 22.3 Å². The van der Waals surface area contributed by atoms with Gasteiger partial charge in [-0.1, -0.05) is 182 Å². The summed E-state index contributed by atoms with van der Waals surface area (Å²) in [5.74, 6) is 1.85. The predicted octanol–water partition coefficient (Wildman–Crippen LogP) is 12.8. The number of para-hydroxylation sites is 1. The van der Waals surface area contributed by atoms with Gasteiger partial charge in [-0.15, -0.1) is 0 Å². The second kappa shape index (κ2) is 12.5. The van der Waals surface area contributed by atoms with Gasteiger partial charge in [0.15, 0.2) is 11.6 Å². The van der Waals surface area contributed by atoms with Crippen molar-refractivity contribution >= 4 is 33.6 Å². The van der Waals surface area contributed by atoms with E-state index in [1.54, 1.807) is 0 Å². The molecule has 10 aromatic rings. The minimum atomic E-state index is -0.464. The summed E-state index contributed by atoms with van der Waals surface area (Å²) in [4.78, 5) is 18.1. The number of hydrogen-bond donors (Lipinski definition) is 0. The first-order chi connectivity index (χ1) is 28.3. The van der Waals surface area contributed by atoms with Crippen LogP contribution in [0.15, 0.2) is 204 Å². The minimum absolute atomic E-state index is 0.464. The Bertz CT molecular complexity index is 3160. The molecule has 0 atom stereocenters. The number of rotatable bonds is 4. The molecular formula is C52H32N4S. The van der Waals surface area contributed by atoms with Crippen LogP contribution in [0, 0.1) is 0 Å². The molecule has 0 saturated heterocycles. The average molecular weight is 745 g/mol. The van der Waals surface area contributed by atoms with E-state index >= 15 is 0 Å². The molecule has 8 aromatic carbocycles. The number of hydrogen-bond acceptors (Lipinski definition) is 4. The Balaban J connectivity index is 1.12. The zero-order chi connectivity index (χ0) is 37.5. The highest BCUT2D eigenvalue weighted by molar-refractivity contribution is 7.99. The van der Waals surface area contributed by atoms with Crippen LogP contribution in [0.4, 0.5) is 0 Å². The molecule has 0 unspecified atom stereocenters. The van der Waals surface area contributed by atoms with Crippen molar-refractivity contribution in [1.29, 1.82) is 0 Å². The maximum absolute atomic E-state index is 5.29. The predicted molar refractivity (Wildman–Crippen MR) is 232 cm³/mol. The van der Waals surface area contributed by atoms with Crippen LogP contribution in [0.3, 0.4) is 0 Å². The normalized spacial score (nSPS) is 13.3. The molecule has 1 aliphatic carbocycles. The fraction of sp³-hybridized carbons (Fsp3) is 0.0192. The van der Waals surface area contributed by atoms with Crippen molar-refractivity contribution in [3.05, 3.63) is 216 Å². The van der Waals surface area contributed by atoms with Crippen molar-refractivity contribution in [3.8, 4) is 51.0 Å². The molecular weight excluding hydrogens is 713 g/mol. The van der Waals surface area contributed by atoms with Crippen LogP contribution in [-0.2, 0) is 5.41 Å². The molecule has 1 aliphatic heterocycles. The third kappa shape index (κ3) is 4.73. The number of aromatic nitrogens is 4. The molecule has 0 N–H and O–H groups in total. The molecule has 266 valence electrons. The van der Waals surface area contributed by atoms with Gasteiger partial charge in [-0.25, -0.2) is 4.98 Å². The summed E-state index contributed by atoms with van der Waals surface area (Å²) < 4.78 is 2.24. The largest absolute Gasteiger partial charge is 0.278 e. The lowest BCUT2D eigenvalue weighted by Gasteiger charge is -2.39. The van der Waals surface area contributed by atoms with E-state index in [-0.39, 0.29) is 0 Å². The Morgan fingerprint density at radius 1 is 0.368 bits per heavy atom. The maximum Gasteiger partial charge on any atom is 0.238 e. The van der Waals surface area contributed by atoms with E-state index in [9.17, 15) is 0 Å². The molecule has 5 heteroatoms. The topological polar surface area (TPSA) is 43.6 Å². The Morgan fingerprint density at radius 3 is 1.60 bits per heavy atom. The fourth-order valence-corrected chi connectivity index (χ4v) is 10.5. The SMILES string of the molecule is c1ccc(-c2ccc(-c3nc(-c4ccccc4)nc(-n4c5ccccc5c5cc6c(cc54)Sc4ccccc4C64c5ccccc5-c5ccccc54)n3)cc2)cc1. The van der Waals surface area contributed by atoms with Gasteiger partial charge in [-0.3, -0.25) is 4.57 Å². The van der Waals surface area contributed by atoms with Crippen LogP contribution >= 0.6 is 11.8 Å². The van der Waals surface area contributed by atoms with Gasteiger partial charge >= 0.3 is 0 Å². The molecule has 0 saturated carbocycles. The molecule has 4 nitrogen and oxygen atoms in total. The molecule has 2 aliphatic rings. The second-order valence-corrected chi connectivity index (χ2v) is 15.8. The Labute approximate surface area is 334 Å². The molecule has 0 fully saturated rings. The molecule has 0 amide bonds. The van der Waals surface area contributed by atoms with Crippen LogP contribution in [-0.4, -0.2) is 19.5 Å². The summed E-state index contributed by atoms with van der Waals surface area (Å²) in [6.07, 6.45) is 0. The monoisotopic (exact) mass is 744 g/mol. The standard InChI is InChI=1S/C52H32N4S/c1-3-15-33(16-4-1)34-27-29-36(30-28-34)50-53-49(35-17-5-2-6-18-35)54-51(55-50)56-45-25-13-9-21-39(45)40-31-44-48(32-46(40)56)57-47-26-14-12-24-43(47)52(44)41-22-10-7-19-37(41)38-20-8-11-23-42(38)52/h1-32H. The highest BCUT2D eigenvalue weighted by Crippen LogP contribution is 2.62. The van der Waals surface area contributed by atoms with Gasteiger partial charge in [0.05, 0.1) is 16.4 Å². The summed E-state index contributed by atoms with van der Waals surface area (Å²) in [6.45, 7) is 0. The lowest BCUT2D eigenvalue weighted by molar-refractivity contribution is 0.724. The van der Waals surface area contributed by atoms with Gasteiger partial charge in [0.25, 0.3) is 0 Å². The third-order valence-electron chi connectivity index (χ3n) is 11.7. The van der Waals surface area contributed by atoms with E-state index in [0.29, 0.717) is 17.6 Å². The van der Waals surface area contributed by atoms with Crippen molar-refractivity contribution in [2.75, 3.05) is 0 Å². The molecule has 0 bridgehead atoms. The van der Waals surface area contributed by atoms with Crippen molar-refractivity contribution in [3.63, 3.8) is 0 Å². The van der Waals surface area contributed by atoms with E-state index in [0.717, 1.165) is 33.1 Å². The Kier molecular flexibility index (Phi) is 7.04. The number of nitrogens with zero attached hydrogens (tertiary/aromatic N) is 4. The number of fused-ring (bicyclic) bond motifs is 12. The first kappa shape index (κ1) is 32.2. The van der Waals surface area contributed by atoms with Gasteiger partial charge in [0.2, 0.25) is 5.95 Å². The molecule has 57 heavy (non-hydrogen) atoms. The van der Waals surface area contributed by atoms with E-state index < -0.39 is 5.41 Å². The second-order valence-electron chi connectivity index (χ2n) is 14.7. The summed E-state index contributed by atoms with van der Waals surface area (Å²) in [5.41, 5.74) is 13.7. The quantitative estimate of drug-likeness (QED) is 0.180. The minimum Gasteiger partial charge on any atom is -0.278 e. The van der Waals surface area contributed by atoms with Gasteiger partial charge in [-0.05, 0) is 68.8 Å².